The maximum Gasteiger partial charge on any atom is 0.472 e. The number of phosphoric ester groups is 1. The highest BCUT2D eigenvalue weighted by Crippen LogP contribution is 2.42. The van der Waals surface area contributed by atoms with Crippen LogP contribution in [-0.2, 0) is 13.6 Å². The van der Waals surface area contributed by atoms with Gasteiger partial charge in [0, 0.05) is 0 Å². The van der Waals surface area contributed by atoms with E-state index in [9.17, 15) is 4.57 Å². The first-order valence-electron chi connectivity index (χ1n) is 2.74. The first kappa shape index (κ1) is 13.2. The number of hydrogen-bond acceptors (Lipinski definition) is 3. The van der Waals surface area contributed by atoms with Crippen LogP contribution in [0.2, 0.25) is 0 Å². The van der Waals surface area contributed by atoms with Crippen molar-refractivity contribution >= 4 is 25.2 Å². The summed E-state index contributed by atoms with van der Waals surface area (Å²) < 4.78 is 19.2. The van der Waals surface area contributed by atoms with Gasteiger partial charge in [0.15, 0.2) is 17.4 Å². The molecule has 0 fully saturated rings. The Hall–Kier alpha value is 0.642. The lowest BCUT2D eigenvalue weighted by atomic mass is 10.9. The van der Waals surface area contributed by atoms with Crippen molar-refractivity contribution in [2.24, 2.45) is 0 Å². The average Bonchev–Trinajstić information content (AvgIpc) is 1.64. The van der Waals surface area contributed by atoms with Crippen LogP contribution in [0.1, 0.15) is 13.8 Å². The van der Waals surface area contributed by atoms with Gasteiger partial charge in [0.25, 0.3) is 0 Å². The fraction of sp³-hybridized carbons (Fsp3) is 1.00. The van der Waals surface area contributed by atoms with Crippen LogP contribution in [0.4, 0.5) is 0 Å². The molecular formula is C4H14AlO4P. The zero-order valence-corrected chi connectivity index (χ0v) is 6.43. The van der Waals surface area contributed by atoms with E-state index >= 15 is 0 Å². The summed E-state index contributed by atoms with van der Waals surface area (Å²) in [5, 5.41) is 0. The van der Waals surface area contributed by atoms with E-state index < -0.39 is 7.82 Å². The molecule has 10 heavy (non-hydrogen) atoms. The second kappa shape index (κ2) is 6.36. The largest absolute Gasteiger partial charge is 0.472 e. The molecule has 62 valence electrons. The molecule has 4 nitrogen and oxygen atoms in total. The summed E-state index contributed by atoms with van der Waals surface area (Å²) in [6.07, 6.45) is 0. The van der Waals surface area contributed by atoms with Crippen LogP contribution in [0, 0.1) is 0 Å². The van der Waals surface area contributed by atoms with Gasteiger partial charge in [-0.2, -0.15) is 0 Å². The van der Waals surface area contributed by atoms with Crippen molar-refractivity contribution in [2.45, 2.75) is 13.8 Å². The van der Waals surface area contributed by atoms with Gasteiger partial charge < -0.3 is 4.89 Å². The molecule has 0 spiro atoms. The third-order valence-electron chi connectivity index (χ3n) is 0.584. The Bertz CT molecular complexity index is 108. The molecule has 0 aromatic carbocycles. The molecule has 1 N–H and O–H groups in total. The quantitative estimate of drug-likeness (QED) is 0.492. The Morgan fingerprint density at radius 3 is 1.80 bits per heavy atom. The van der Waals surface area contributed by atoms with Crippen molar-refractivity contribution in [2.75, 3.05) is 13.2 Å². The minimum atomic E-state index is -3.69. The molecule has 0 heterocycles. The van der Waals surface area contributed by atoms with Crippen LogP contribution >= 0.6 is 7.82 Å². The maximum absolute atomic E-state index is 10.5. The van der Waals surface area contributed by atoms with Gasteiger partial charge in [0.05, 0.1) is 13.2 Å². The normalized spacial score (nSPS) is 10.7. The topological polar surface area (TPSA) is 55.8 Å². The zero-order chi connectivity index (χ0) is 7.33. The Balaban J connectivity index is 0. The molecular weight excluding hydrogens is 170 g/mol. The minimum absolute atomic E-state index is 0. The molecule has 0 rings (SSSR count). The predicted molar refractivity (Wildman–Crippen MR) is 43.0 cm³/mol. The molecule has 0 saturated heterocycles. The van der Waals surface area contributed by atoms with Crippen molar-refractivity contribution in [1.29, 1.82) is 0 Å². The summed E-state index contributed by atoms with van der Waals surface area (Å²) in [5.41, 5.74) is 0. The van der Waals surface area contributed by atoms with Gasteiger partial charge in [-0.25, -0.2) is 4.57 Å². The Labute approximate surface area is 71.3 Å². The summed E-state index contributed by atoms with van der Waals surface area (Å²) in [6, 6.07) is 0. The smallest absolute Gasteiger partial charge is 0.302 e. The molecule has 0 aromatic heterocycles. The zero-order valence-electron chi connectivity index (χ0n) is 5.53. The van der Waals surface area contributed by atoms with Gasteiger partial charge in [-0.1, -0.05) is 0 Å². The van der Waals surface area contributed by atoms with E-state index in [1.54, 1.807) is 13.8 Å². The van der Waals surface area contributed by atoms with Crippen molar-refractivity contribution in [1.82, 2.24) is 0 Å². The number of phosphoric acid groups is 1. The van der Waals surface area contributed by atoms with Crippen molar-refractivity contribution in [3.8, 4) is 0 Å². The molecule has 0 amide bonds. The van der Waals surface area contributed by atoms with Crippen LogP contribution in [0.5, 0.6) is 0 Å². The van der Waals surface area contributed by atoms with Gasteiger partial charge in [-0.15, -0.1) is 0 Å². The van der Waals surface area contributed by atoms with E-state index in [0.29, 0.717) is 0 Å². The second-order valence-corrected chi connectivity index (χ2v) is 2.76. The molecule has 0 unspecified atom stereocenters. The van der Waals surface area contributed by atoms with Gasteiger partial charge >= 0.3 is 7.82 Å². The standard InChI is InChI=1S/C4H11O4P.Al.3H/c1-3-7-9(5,6)8-4-2;;;;/h3-4H2,1-2H3,(H,5,6);;;;. The lowest BCUT2D eigenvalue weighted by Gasteiger charge is -2.07. The Morgan fingerprint density at radius 2 is 1.60 bits per heavy atom. The highest BCUT2D eigenvalue weighted by molar-refractivity contribution is 7.47. The van der Waals surface area contributed by atoms with Gasteiger partial charge in [0.1, 0.15) is 0 Å². The monoisotopic (exact) mass is 184 g/mol. The van der Waals surface area contributed by atoms with Gasteiger partial charge in [0.2, 0.25) is 0 Å². The maximum atomic E-state index is 10.5. The van der Waals surface area contributed by atoms with Crippen molar-refractivity contribution < 1.29 is 18.5 Å². The third-order valence-corrected chi connectivity index (χ3v) is 1.75. The van der Waals surface area contributed by atoms with E-state index in [2.05, 4.69) is 9.05 Å². The minimum Gasteiger partial charge on any atom is -0.302 e. The lowest BCUT2D eigenvalue weighted by molar-refractivity contribution is 0.161. The number of hydrogen-bond donors (Lipinski definition) is 1. The molecule has 0 bridgehead atoms. The Morgan fingerprint density at radius 1 is 1.30 bits per heavy atom. The molecule has 0 radical (unpaired) electrons. The fourth-order valence-corrected chi connectivity index (χ4v) is 1.09. The molecule has 0 saturated carbocycles. The van der Waals surface area contributed by atoms with E-state index in [1.165, 1.54) is 0 Å². The van der Waals surface area contributed by atoms with Crippen LogP contribution in [0.25, 0.3) is 0 Å². The highest BCUT2D eigenvalue weighted by Gasteiger charge is 2.17. The lowest BCUT2D eigenvalue weighted by Crippen LogP contribution is -1.93. The molecule has 0 aliphatic carbocycles. The SMILES string of the molecule is CCOP(=O)(O)OCC.[AlH3]. The number of rotatable bonds is 4. The Kier molecular flexibility index (Phi) is 8.42. The van der Waals surface area contributed by atoms with E-state index in [0.717, 1.165) is 0 Å². The van der Waals surface area contributed by atoms with E-state index in [4.69, 9.17) is 4.89 Å². The summed E-state index contributed by atoms with van der Waals surface area (Å²) >= 11 is 0. The molecule has 0 atom stereocenters. The van der Waals surface area contributed by atoms with Crippen molar-refractivity contribution in [3.05, 3.63) is 0 Å². The van der Waals surface area contributed by atoms with E-state index in [-0.39, 0.29) is 30.6 Å². The van der Waals surface area contributed by atoms with E-state index in [1.807, 2.05) is 0 Å². The molecule has 0 aliphatic heterocycles. The van der Waals surface area contributed by atoms with Crippen LogP contribution in [-0.4, -0.2) is 35.5 Å². The van der Waals surface area contributed by atoms with Crippen LogP contribution < -0.4 is 0 Å². The van der Waals surface area contributed by atoms with Gasteiger partial charge in [-0.3, -0.25) is 9.05 Å². The molecule has 0 aromatic rings. The molecule has 0 aliphatic rings. The van der Waals surface area contributed by atoms with Gasteiger partial charge in [-0.05, 0) is 13.8 Å². The molecule has 6 heteroatoms. The summed E-state index contributed by atoms with van der Waals surface area (Å²) in [4.78, 5) is 8.63. The highest BCUT2D eigenvalue weighted by atomic mass is 31.2. The summed E-state index contributed by atoms with van der Waals surface area (Å²) in [6.45, 7) is 3.63. The van der Waals surface area contributed by atoms with Crippen LogP contribution in [0.15, 0.2) is 0 Å². The first-order valence-corrected chi connectivity index (χ1v) is 4.23. The average molecular weight is 184 g/mol. The first-order chi connectivity index (χ1) is 4.12. The second-order valence-electron chi connectivity index (χ2n) is 1.30. The summed E-state index contributed by atoms with van der Waals surface area (Å²) in [7, 11) is -3.69. The summed E-state index contributed by atoms with van der Waals surface area (Å²) in [5.74, 6) is 0. The van der Waals surface area contributed by atoms with Crippen molar-refractivity contribution in [3.63, 3.8) is 0 Å². The third kappa shape index (κ3) is 6.76. The predicted octanol–water partition coefficient (Wildman–Crippen LogP) is -0.0241. The fourth-order valence-electron chi connectivity index (χ4n) is 0.364. The van der Waals surface area contributed by atoms with Crippen LogP contribution in [0.3, 0.4) is 0 Å².